The molecule has 110 valence electrons. The third kappa shape index (κ3) is 2.68. The van der Waals surface area contributed by atoms with E-state index < -0.39 is 36.5 Å². The maximum absolute atomic E-state index is 11.8. The van der Waals surface area contributed by atoms with Gasteiger partial charge in [-0.15, -0.1) is 0 Å². The molecule has 0 aromatic carbocycles. The number of carbonyl (C=O) groups is 1. The van der Waals surface area contributed by atoms with Crippen LogP contribution in [0.3, 0.4) is 0 Å². The van der Waals surface area contributed by atoms with Crippen molar-refractivity contribution in [2.24, 2.45) is 0 Å². The lowest BCUT2D eigenvalue weighted by Crippen LogP contribution is -2.49. The largest absolute Gasteiger partial charge is 0.393 e. The molecule has 2 saturated heterocycles. The molecule has 0 aliphatic carbocycles. The SMILES string of the molecule is CCCC(=O)C[C@]1(CO)O[C@@H]2OC(C)(C)O[C@@H]2[C@@H]1O. The zero-order chi connectivity index (χ0) is 14.3. The number of carbonyl (C=O) groups excluding carboxylic acids is 1. The van der Waals surface area contributed by atoms with E-state index >= 15 is 0 Å². The summed E-state index contributed by atoms with van der Waals surface area (Å²) < 4.78 is 16.7. The zero-order valence-corrected chi connectivity index (χ0v) is 11.6. The van der Waals surface area contributed by atoms with Crippen molar-refractivity contribution < 1.29 is 29.2 Å². The van der Waals surface area contributed by atoms with Crippen LogP contribution in [0.15, 0.2) is 0 Å². The molecule has 6 heteroatoms. The van der Waals surface area contributed by atoms with Gasteiger partial charge in [0.25, 0.3) is 0 Å². The summed E-state index contributed by atoms with van der Waals surface area (Å²) in [5.41, 5.74) is -1.31. The summed E-state index contributed by atoms with van der Waals surface area (Å²) in [6.45, 7) is 4.91. The van der Waals surface area contributed by atoms with E-state index in [2.05, 4.69) is 0 Å². The van der Waals surface area contributed by atoms with E-state index in [0.717, 1.165) is 6.42 Å². The van der Waals surface area contributed by atoms with Crippen LogP contribution in [-0.2, 0) is 19.0 Å². The maximum Gasteiger partial charge on any atom is 0.190 e. The first-order chi connectivity index (χ1) is 8.83. The van der Waals surface area contributed by atoms with E-state index in [4.69, 9.17) is 14.2 Å². The second-order valence-corrected chi connectivity index (χ2v) is 5.72. The molecular formula is C13H22O6. The van der Waals surface area contributed by atoms with E-state index in [-0.39, 0.29) is 12.2 Å². The number of hydrogen-bond donors (Lipinski definition) is 2. The summed E-state index contributed by atoms with van der Waals surface area (Å²) in [5.74, 6) is -0.874. The Balaban J connectivity index is 2.10. The van der Waals surface area contributed by atoms with Crippen LogP contribution in [0.4, 0.5) is 0 Å². The molecule has 2 N–H and O–H groups in total. The standard InChI is InChI=1S/C13H22O6/c1-4-5-8(15)6-13(7-14)10(16)9-11(19-13)18-12(2,3)17-9/h9-11,14,16H,4-7H2,1-3H3/t9-,10+,11+,13-/m1/s1. The number of ketones is 1. The summed E-state index contributed by atoms with van der Waals surface area (Å²) in [4.78, 5) is 11.8. The first-order valence-corrected chi connectivity index (χ1v) is 6.67. The van der Waals surface area contributed by atoms with Crippen molar-refractivity contribution in [2.75, 3.05) is 6.61 Å². The van der Waals surface area contributed by atoms with Crippen LogP contribution in [0.25, 0.3) is 0 Å². The highest BCUT2D eigenvalue weighted by Gasteiger charge is 2.61. The predicted molar refractivity (Wildman–Crippen MR) is 65.3 cm³/mol. The molecule has 0 aromatic heterocycles. The predicted octanol–water partition coefficient (Wildman–Crippen LogP) is 0.345. The van der Waals surface area contributed by atoms with Crippen molar-refractivity contribution in [2.45, 2.75) is 69.9 Å². The van der Waals surface area contributed by atoms with Gasteiger partial charge in [0.1, 0.15) is 23.6 Å². The van der Waals surface area contributed by atoms with Gasteiger partial charge in [0.05, 0.1) is 6.61 Å². The van der Waals surface area contributed by atoms with Crippen LogP contribution < -0.4 is 0 Å². The van der Waals surface area contributed by atoms with Gasteiger partial charge in [-0.25, -0.2) is 0 Å². The van der Waals surface area contributed by atoms with Crippen molar-refractivity contribution in [3.8, 4) is 0 Å². The number of fused-ring (bicyclic) bond motifs is 1. The molecule has 2 heterocycles. The van der Waals surface area contributed by atoms with Gasteiger partial charge in [0.2, 0.25) is 0 Å². The van der Waals surface area contributed by atoms with Crippen molar-refractivity contribution in [1.29, 1.82) is 0 Å². The lowest BCUT2D eigenvalue weighted by Gasteiger charge is -2.32. The Morgan fingerprint density at radius 1 is 1.26 bits per heavy atom. The minimum Gasteiger partial charge on any atom is -0.393 e. The van der Waals surface area contributed by atoms with Gasteiger partial charge >= 0.3 is 0 Å². The highest BCUT2D eigenvalue weighted by Crippen LogP contribution is 2.43. The third-order valence-corrected chi connectivity index (χ3v) is 3.58. The number of ether oxygens (including phenoxy) is 3. The Kier molecular flexibility index (Phi) is 3.99. The molecular weight excluding hydrogens is 252 g/mol. The van der Waals surface area contributed by atoms with Crippen LogP contribution in [0.2, 0.25) is 0 Å². The third-order valence-electron chi connectivity index (χ3n) is 3.58. The topological polar surface area (TPSA) is 85.2 Å². The molecule has 19 heavy (non-hydrogen) atoms. The molecule has 0 aromatic rings. The highest BCUT2D eigenvalue weighted by molar-refractivity contribution is 5.79. The van der Waals surface area contributed by atoms with Crippen LogP contribution in [0.1, 0.15) is 40.0 Å². The van der Waals surface area contributed by atoms with Gasteiger partial charge in [0.15, 0.2) is 12.1 Å². The van der Waals surface area contributed by atoms with Crippen molar-refractivity contribution in [3.63, 3.8) is 0 Å². The molecule has 0 unspecified atom stereocenters. The van der Waals surface area contributed by atoms with Gasteiger partial charge in [-0.1, -0.05) is 6.92 Å². The molecule has 0 saturated carbocycles. The Hall–Kier alpha value is -0.530. The lowest BCUT2D eigenvalue weighted by atomic mass is 9.89. The van der Waals surface area contributed by atoms with Gasteiger partial charge in [0, 0.05) is 12.8 Å². The van der Waals surface area contributed by atoms with Crippen LogP contribution in [0.5, 0.6) is 0 Å². The van der Waals surface area contributed by atoms with E-state index in [0.29, 0.717) is 6.42 Å². The monoisotopic (exact) mass is 274 g/mol. The van der Waals surface area contributed by atoms with Crippen molar-refractivity contribution in [3.05, 3.63) is 0 Å². The molecule has 6 nitrogen and oxygen atoms in total. The summed E-state index contributed by atoms with van der Waals surface area (Å²) in [5, 5.41) is 19.9. The summed E-state index contributed by atoms with van der Waals surface area (Å²) in [6, 6.07) is 0. The number of aliphatic hydroxyl groups excluding tert-OH is 2. The van der Waals surface area contributed by atoms with E-state index in [1.807, 2.05) is 6.92 Å². The van der Waals surface area contributed by atoms with E-state index in [1.54, 1.807) is 13.8 Å². The molecule has 2 aliphatic rings. The number of rotatable bonds is 5. The normalized spacial score (nSPS) is 40.4. The minimum atomic E-state index is -1.31. The molecule has 2 rings (SSSR count). The second-order valence-electron chi connectivity index (χ2n) is 5.72. The Bertz CT molecular complexity index is 355. The second kappa shape index (κ2) is 5.10. The Morgan fingerprint density at radius 3 is 2.47 bits per heavy atom. The van der Waals surface area contributed by atoms with Crippen molar-refractivity contribution in [1.82, 2.24) is 0 Å². The molecule has 4 atom stereocenters. The van der Waals surface area contributed by atoms with Gasteiger partial charge in [-0.2, -0.15) is 0 Å². The number of Topliss-reactive ketones (excluding diaryl/α,β-unsaturated/α-hetero) is 1. The summed E-state index contributed by atoms with van der Waals surface area (Å²) in [7, 11) is 0. The molecule has 0 radical (unpaired) electrons. The Labute approximate surface area is 112 Å². The molecule has 2 fully saturated rings. The smallest absolute Gasteiger partial charge is 0.190 e. The van der Waals surface area contributed by atoms with Crippen LogP contribution in [0, 0.1) is 0 Å². The molecule has 0 spiro atoms. The number of aliphatic hydroxyl groups is 2. The van der Waals surface area contributed by atoms with Gasteiger partial charge in [-0.05, 0) is 20.3 Å². The van der Waals surface area contributed by atoms with Gasteiger partial charge < -0.3 is 24.4 Å². The average molecular weight is 274 g/mol. The fourth-order valence-electron chi connectivity index (χ4n) is 2.70. The van der Waals surface area contributed by atoms with Crippen LogP contribution in [-0.4, -0.2) is 52.5 Å². The molecule has 0 amide bonds. The van der Waals surface area contributed by atoms with Crippen molar-refractivity contribution >= 4 is 5.78 Å². The highest BCUT2D eigenvalue weighted by atomic mass is 16.8. The molecule has 0 bridgehead atoms. The van der Waals surface area contributed by atoms with Gasteiger partial charge in [-0.3, -0.25) is 4.79 Å². The van der Waals surface area contributed by atoms with Crippen LogP contribution >= 0.6 is 0 Å². The fraction of sp³-hybridized carbons (Fsp3) is 0.923. The molecule has 2 aliphatic heterocycles. The van der Waals surface area contributed by atoms with E-state index in [9.17, 15) is 15.0 Å². The Morgan fingerprint density at radius 2 is 1.95 bits per heavy atom. The lowest BCUT2D eigenvalue weighted by molar-refractivity contribution is -0.246. The zero-order valence-electron chi connectivity index (χ0n) is 11.6. The number of hydrogen-bond acceptors (Lipinski definition) is 6. The fourth-order valence-corrected chi connectivity index (χ4v) is 2.70. The average Bonchev–Trinajstić information content (AvgIpc) is 2.73. The summed E-state index contributed by atoms with van der Waals surface area (Å²) in [6.07, 6.45) is -1.39. The quantitative estimate of drug-likeness (QED) is 0.752. The first-order valence-electron chi connectivity index (χ1n) is 6.67. The first kappa shape index (κ1) is 14.9. The van der Waals surface area contributed by atoms with E-state index in [1.165, 1.54) is 0 Å². The maximum atomic E-state index is 11.8. The minimum absolute atomic E-state index is 0.0291. The summed E-state index contributed by atoms with van der Waals surface area (Å²) >= 11 is 0.